The van der Waals surface area contributed by atoms with Crippen molar-refractivity contribution in [1.29, 1.82) is 0 Å². The monoisotopic (exact) mass is 504 g/mol. The fourth-order valence-corrected chi connectivity index (χ4v) is 6.88. The van der Waals surface area contributed by atoms with Gasteiger partial charge in [-0.05, 0) is 132 Å². The molecule has 0 bridgehead atoms. The van der Waals surface area contributed by atoms with Crippen molar-refractivity contribution in [2.75, 3.05) is 39.3 Å². The molecule has 0 amide bonds. The Hall–Kier alpha value is -1.95. The normalized spacial score (nSPS) is 17.8. The highest BCUT2D eigenvalue weighted by Crippen LogP contribution is 2.40. The smallest absolute Gasteiger partial charge is 0.162 e. The van der Waals surface area contributed by atoms with Gasteiger partial charge in [0.05, 0.1) is 0 Å². The summed E-state index contributed by atoms with van der Waals surface area (Å²) in [6.07, 6.45) is 11.5. The lowest BCUT2D eigenvalue weighted by Crippen LogP contribution is -2.20. The van der Waals surface area contributed by atoms with Gasteiger partial charge in [0.2, 0.25) is 0 Å². The molecule has 0 unspecified atom stereocenters. The van der Waals surface area contributed by atoms with Crippen LogP contribution in [0.3, 0.4) is 0 Å². The highest BCUT2D eigenvalue weighted by Gasteiger charge is 2.20. The van der Waals surface area contributed by atoms with Gasteiger partial charge in [-0.1, -0.05) is 23.9 Å². The topological polar surface area (TPSA) is 40.6 Å². The molecule has 3 heterocycles. The molecule has 0 N–H and O–H groups in total. The van der Waals surface area contributed by atoms with Gasteiger partial charge in [-0.3, -0.25) is 9.59 Å². The van der Waals surface area contributed by atoms with Crippen LogP contribution in [-0.2, 0) is 6.42 Å². The van der Waals surface area contributed by atoms with E-state index >= 15 is 0 Å². The Labute approximate surface area is 220 Å². The van der Waals surface area contributed by atoms with E-state index in [1.807, 2.05) is 12.1 Å². The molecule has 0 aromatic heterocycles. The number of benzene rings is 2. The maximum Gasteiger partial charge on any atom is 0.162 e. The van der Waals surface area contributed by atoms with Crippen LogP contribution in [0.1, 0.15) is 96.1 Å². The molecule has 2 saturated heterocycles. The van der Waals surface area contributed by atoms with Crippen LogP contribution in [0, 0.1) is 0 Å². The average molecular weight is 505 g/mol. The molecule has 0 atom stereocenters. The summed E-state index contributed by atoms with van der Waals surface area (Å²) >= 11 is 1.76. The van der Waals surface area contributed by atoms with Gasteiger partial charge in [0.15, 0.2) is 11.6 Å². The molecular weight excluding hydrogens is 464 g/mol. The van der Waals surface area contributed by atoms with E-state index in [9.17, 15) is 9.59 Å². The van der Waals surface area contributed by atoms with Crippen LogP contribution in [0.15, 0.2) is 46.2 Å². The van der Waals surface area contributed by atoms with Gasteiger partial charge < -0.3 is 9.80 Å². The summed E-state index contributed by atoms with van der Waals surface area (Å²) in [5.74, 6) is 0.515. The molecule has 0 spiro atoms. The largest absolute Gasteiger partial charge is 0.303 e. The molecule has 4 nitrogen and oxygen atoms in total. The number of unbranched alkanes of at least 4 members (excludes halogenated alkanes) is 2. The molecule has 2 aromatic carbocycles. The zero-order valence-corrected chi connectivity index (χ0v) is 22.4. The summed E-state index contributed by atoms with van der Waals surface area (Å²) in [7, 11) is 0. The van der Waals surface area contributed by atoms with Crippen molar-refractivity contribution in [3.05, 3.63) is 58.7 Å². The Morgan fingerprint density at radius 2 is 1.08 bits per heavy atom. The Kier molecular flexibility index (Phi) is 8.94. The second kappa shape index (κ2) is 12.5. The van der Waals surface area contributed by atoms with Crippen LogP contribution in [-0.4, -0.2) is 60.6 Å². The summed E-state index contributed by atoms with van der Waals surface area (Å²) < 4.78 is 0. The van der Waals surface area contributed by atoms with Crippen molar-refractivity contribution in [3.8, 4) is 0 Å². The van der Waals surface area contributed by atoms with Crippen molar-refractivity contribution >= 4 is 23.3 Å². The van der Waals surface area contributed by atoms with Gasteiger partial charge in [-0.2, -0.15) is 0 Å². The molecule has 2 fully saturated rings. The first-order chi connectivity index (χ1) is 17.7. The van der Waals surface area contributed by atoms with Gasteiger partial charge in [0.1, 0.15) is 0 Å². The first-order valence-corrected chi connectivity index (χ1v) is 14.9. The lowest BCUT2D eigenvalue weighted by molar-refractivity contribution is 0.0970. The number of Topliss-reactive ketones (excluding diaryl/α,β-unsaturated/α-hetero) is 2. The fraction of sp³-hybridized carbons (Fsp3) is 0.548. The average Bonchev–Trinajstić information content (AvgIpc) is 3.61. The third kappa shape index (κ3) is 6.67. The van der Waals surface area contributed by atoms with Crippen LogP contribution in [0.4, 0.5) is 0 Å². The van der Waals surface area contributed by atoms with Crippen LogP contribution >= 0.6 is 11.8 Å². The number of hydrogen-bond acceptors (Lipinski definition) is 5. The Morgan fingerprint density at radius 1 is 0.639 bits per heavy atom. The number of rotatable bonds is 12. The molecule has 0 saturated carbocycles. The van der Waals surface area contributed by atoms with E-state index < -0.39 is 0 Å². The second-order valence-electron chi connectivity index (χ2n) is 10.8. The van der Waals surface area contributed by atoms with Gasteiger partial charge in [-0.25, -0.2) is 0 Å². The number of fused-ring (bicyclic) bond motifs is 2. The van der Waals surface area contributed by atoms with Gasteiger partial charge in [0, 0.05) is 33.8 Å². The van der Waals surface area contributed by atoms with Crippen LogP contribution < -0.4 is 0 Å². The lowest BCUT2D eigenvalue weighted by atomic mass is 9.96. The SMILES string of the molecule is O=C(CCCCN1CCCC1)c1ccc2c(c1)Cc1cc(C(=O)CCCCN3CCCC3)ccc1S2. The van der Waals surface area contributed by atoms with Crippen molar-refractivity contribution in [3.63, 3.8) is 0 Å². The molecule has 5 rings (SSSR count). The third-order valence-corrected chi connectivity index (χ3v) is 9.26. The molecule has 2 aromatic rings. The van der Waals surface area contributed by atoms with E-state index in [0.717, 1.165) is 56.3 Å². The van der Waals surface area contributed by atoms with Crippen molar-refractivity contribution in [1.82, 2.24) is 9.80 Å². The predicted octanol–water partition coefficient (Wildman–Crippen LogP) is 6.64. The third-order valence-electron chi connectivity index (χ3n) is 8.02. The Morgan fingerprint density at radius 3 is 1.53 bits per heavy atom. The summed E-state index contributed by atoms with van der Waals surface area (Å²) in [6, 6.07) is 12.4. The van der Waals surface area contributed by atoms with E-state index in [2.05, 4.69) is 34.1 Å². The van der Waals surface area contributed by atoms with Crippen molar-refractivity contribution in [2.24, 2.45) is 0 Å². The lowest BCUT2D eigenvalue weighted by Gasteiger charge is -2.20. The maximum atomic E-state index is 12.9. The molecule has 0 aliphatic carbocycles. The number of ketones is 2. The molecule has 3 aliphatic heterocycles. The Balaban J connectivity index is 1.13. The minimum atomic E-state index is 0.257. The number of likely N-dealkylation sites (tertiary alicyclic amines) is 2. The highest BCUT2D eigenvalue weighted by atomic mass is 32.2. The van der Waals surface area contributed by atoms with Crippen molar-refractivity contribution in [2.45, 2.75) is 80.4 Å². The second-order valence-corrected chi connectivity index (χ2v) is 11.9. The molecule has 0 radical (unpaired) electrons. The number of carbonyl (C=O) groups excluding carboxylic acids is 2. The molecule has 5 heteroatoms. The van der Waals surface area contributed by atoms with E-state index in [-0.39, 0.29) is 11.6 Å². The number of carbonyl (C=O) groups is 2. The van der Waals surface area contributed by atoms with Crippen LogP contribution in [0.5, 0.6) is 0 Å². The van der Waals surface area contributed by atoms with Crippen LogP contribution in [0.2, 0.25) is 0 Å². The maximum absolute atomic E-state index is 12.9. The predicted molar refractivity (Wildman–Crippen MR) is 148 cm³/mol. The first kappa shape index (κ1) is 25.7. The summed E-state index contributed by atoms with van der Waals surface area (Å²) in [5, 5.41) is 0. The minimum Gasteiger partial charge on any atom is -0.303 e. The highest BCUT2D eigenvalue weighted by molar-refractivity contribution is 7.99. The van der Waals surface area contributed by atoms with E-state index in [0.29, 0.717) is 12.8 Å². The summed E-state index contributed by atoms with van der Waals surface area (Å²) in [6.45, 7) is 7.16. The fourth-order valence-electron chi connectivity index (χ4n) is 5.85. The molecule has 3 aliphatic rings. The standard InChI is InChI=1S/C31H40N2O2S/c34-28(9-1-3-15-32-17-5-6-18-32)24-11-13-30-26(21-24)23-27-22-25(12-14-31(27)36-30)29(35)10-2-4-16-33-19-7-8-20-33/h11-14,21-22H,1-10,15-20,23H2. The molecule has 36 heavy (non-hydrogen) atoms. The van der Waals surface area contributed by atoms with Crippen molar-refractivity contribution < 1.29 is 9.59 Å². The summed E-state index contributed by atoms with van der Waals surface area (Å²) in [4.78, 5) is 33.2. The van der Waals surface area contributed by atoms with Gasteiger partial charge in [0.25, 0.3) is 0 Å². The first-order valence-electron chi connectivity index (χ1n) is 14.1. The summed E-state index contributed by atoms with van der Waals surface area (Å²) in [5.41, 5.74) is 4.10. The van der Waals surface area contributed by atoms with Gasteiger partial charge in [-0.15, -0.1) is 0 Å². The zero-order valence-electron chi connectivity index (χ0n) is 21.6. The van der Waals surface area contributed by atoms with Crippen LogP contribution in [0.25, 0.3) is 0 Å². The van der Waals surface area contributed by atoms with E-state index in [1.165, 1.54) is 72.8 Å². The Bertz CT molecular complexity index is 987. The molecular formula is C31H40N2O2S. The number of hydrogen-bond donors (Lipinski definition) is 0. The van der Waals surface area contributed by atoms with E-state index in [4.69, 9.17) is 0 Å². The van der Waals surface area contributed by atoms with E-state index in [1.54, 1.807) is 11.8 Å². The zero-order chi connectivity index (χ0) is 24.7. The minimum absolute atomic E-state index is 0.257. The number of nitrogens with zero attached hydrogens (tertiary/aromatic N) is 2. The molecule has 192 valence electrons. The quantitative estimate of drug-likeness (QED) is 0.204. The van der Waals surface area contributed by atoms with Gasteiger partial charge >= 0.3 is 0 Å².